The molecule has 0 radical (unpaired) electrons. The van der Waals surface area contributed by atoms with Gasteiger partial charge in [0.1, 0.15) is 5.56 Å². The average molecular weight is 232 g/mol. The molecule has 7 heteroatoms. The second kappa shape index (κ2) is 4.44. The highest BCUT2D eigenvalue weighted by Crippen LogP contribution is 1.99. The number of nitrogens with one attached hydrogen (secondary N) is 3. The summed E-state index contributed by atoms with van der Waals surface area (Å²) in [4.78, 5) is 36.4. The lowest BCUT2D eigenvalue weighted by molar-refractivity contribution is 0.102. The minimum Gasteiger partial charge on any atom is -0.367 e. The fourth-order valence-corrected chi connectivity index (χ4v) is 1.19. The van der Waals surface area contributed by atoms with E-state index in [2.05, 4.69) is 20.5 Å². The Labute approximate surface area is 94.5 Å². The molecule has 0 atom stereocenters. The molecule has 2 aromatic rings. The molecule has 0 bridgehead atoms. The Morgan fingerprint density at radius 1 is 1.24 bits per heavy atom. The molecule has 0 unspecified atom stereocenters. The zero-order chi connectivity index (χ0) is 12.3. The molecule has 0 aliphatic heterocycles. The molecule has 3 N–H and O–H groups in total. The van der Waals surface area contributed by atoms with Crippen LogP contribution in [0.2, 0.25) is 0 Å². The summed E-state index contributed by atoms with van der Waals surface area (Å²) in [5, 5.41) is 8.14. The van der Waals surface area contributed by atoms with Crippen molar-refractivity contribution in [3.63, 3.8) is 0 Å². The molecular formula is C10H8N4O3. The molecule has 2 rings (SSSR count). The topological polar surface area (TPSA) is 108 Å². The molecule has 86 valence electrons. The largest absolute Gasteiger partial charge is 0.367 e. The molecule has 1 amide bonds. The monoisotopic (exact) mass is 232 g/mol. The van der Waals surface area contributed by atoms with Crippen LogP contribution in [0.3, 0.4) is 0 Å². The van der Waals surface area contributed by atoms with Crippen LogP contribution in [-0.4, -0.2) is 21.1 Å². The minimum atomic E-state index is -0.591. The van der Waals surface area contributed by atoms with E-state index in [0.29, 0.717) is 0 Å². The van der Waals surface area contributed by atoms with Crippen molar-refractivity contribution in [1.82, 2.24) is 15.2 Å². The molecule has 0 saturated carbocycles. The van der Waals surface area contributed by atoms with Gasteiger partial charge in [-0.15, -0.1) is 0 Å². The molecule has 2 heterocycles. The van der Waals surface area contributed by atoms with E-state index < -0.39 is 11.3 Å². The summed E-state index contributed by atoms with van der Waals surface area (Å²) in [5.41, 5.74) is -0.799. The number of anilines is 1. The zero-order valence-corrected chi connectivity index (χ0v) is 8.56. The lowest BCUT2D eigenvalue weighted by Gasteiger charge is -2.02. The van der Waals surface area contributed by atoms with Crippen molar-refractivity contribution in [3.8, 4) is 0 Å². The second-order valence-corrected chi connectivity index (χ2v) is 3.18. The first-order valence-corrected chi connectivity index (χ1v) is 4.71. The van der Waals surface area contributed by atoms with Crippen LogP contribution in [0.15, 0.2) is 40.2 Å². The third-order valence-corrected chi connectivity index (χ3v) is 1.99. The Balaban J connectivity index is 2.23. The van der Waals surface area contributed by atoms with E-state index in [9.17, 15) is 14.4 Å². The van der Waals surface area contributed by atoms with Crippen LogP contribution in [0, 0.1) is 0 Å². The highest BCUT2D eigenvalue weighted by atomic mass is 16.2. The molecule has 17 heavy (non-hydrogen) atoms. The average Bonchev–Trinajstić information content (AvgIpc) is 2.32. The van der Waals surface area contributed by atoms with Crippen LogP contribution in [0.1, 0.15) is 10.4 Å². The maximum atomic E-state index is 11.7. The van der Waals surface area contributed by atoms with Gasteiger partial charge in [-0.1, -0.05) is 0 Å². The standard InChI is InChI=1S/C10H8N4O3/c15-7-3-4-11-5-6(7)10(17)12-8-1-2-9(16)14-13-8/h1-5H,(H,11,15)(H,14,16)(H,12,13,17). The van der Waals surface area contributed by atoms with Crippen LogP contribution in [0.4, 0.5) is 5.82 Å². The summed E-state index contributed by atoms with van der Waals surface area (Å²) < 4.78 is 0. The molecule has 0 aliphatic carbocycles. The van der Waals surface area contributed by atoms with Gasteiger partial charge in [-0.05, 0) is 6.07 Å². The zero-order valence-electron chi connectivity index (χ0n) is 8.56. The maximum absolute atomic E-state index is 11.7. The molecule has 0 saturated heterocycles. The number of H-pyrrole nitrogens is 2. The first-order valence-electron chi connectivity index (χ1n) is 4.71. The van der Waals surface area contributed by atoms with Gasteiger partial charge < -0.3 is 10.3 Å². The summed E-state index contributed by atoms with van der Waals surface area (Å²) in [7, 11) is 0. The van der Waals surface area contributed by atoms with Gasteiger partial charge >= 0.3 is 0 Å². The number of rotatable bonds is 2. The Morgan fingerprint density at radius 2 is 2.06 bits per heavy atom. The van der Waals surface area contributed by atoms with Crippen LogP contribution < -0.4 is 16.3 Å². The van der Waals surface area contributed by atoms with E-state index in [0.717, 1.165) is 0 Å². The van der Waals surface area contributed by atoms with Crippen molar-refractivity contribution < 1.29 is 4.79 Å². The van der Waals surface area contributed by atoms with E-state index in [1.807, 2.05) is 0 Å². The predicted molar refractivity (Wildman–Crippen MR) is 59.9 cm³/mol. The molecule has 0 spiro atoms. The van der Waals surface area contributed by atoms with E-state index >= 15 is 0 Å². The maximum Gasteiger partial charge on any atom is 0.264 e. The number of aromatic amines is 2. The molecule has 0 fully saturated rings. The van der Waals surface area contributed by atoms with Gasteiger partial charge in [-0.25, -0.2) is 5.10 Å². The first-order chi connectivity index (χ1) is 8.16. The number of aromatic nitrogens is 3. The summed E-state index contributed by atoms with van der Waals surface area (Å²) in [6.45, 7) is 0. The molecule has 2 aromatic heterocycles. The normalized spacial score (nSPS) is 9.88. The minimum absolute atomic E-state index is 0.0273. The Bertz CT molecular complexity index is 638. The van der Waals surface area contributed by atoms with Crippen molar-refractivity contribution in [3.05, 3.63) is 56.7 Å². The summed E-state index contributed by atoms with van der Waals surface area (Å²) in [5.74, 6) is -0.427. The van der Waals surface area contributed by atoms with E-state index in [4.69, 9.17) is 0 Å². The van der Waals surface area contributed by atoms with Crippen LogP contribution in [0.5, 0.6) is 0 Å². The van der Waals surface area contributed by atoms with Gasteiger partial charge in [0.25, 0.3) is 11.5 Å². The quantitative estimate of drug-likeness (QED) is 0.661. The highest BCUT2D eigenvalue weighted by Gasteiger charge is 2.09. The van der Waals surface area contributed by atoms with Crippen LogP contribution in [-0.2, 0) is 0 Å². The summed E-state index contributed by atoms with van der Waals surface area (Å²) in [6.07, 6.45) is 2.72. The number of nitrogens with zero attached hydrogens (tertiary/aromatic N) is 1. The predicted octanol–water partition coefficient (Wildman–Crippen LogP) is -0.290. The number of amides is 1. The van der Waals surface area contributed by atoms with Crippen molar-refractivity contribution in [2.45, 2.75) is 0 Å². The van der Waals surface area contributed by atoms with Gasteiger partial charge in [-0.2, -0.15) is 5.10 Å². The Kier molecular flexibility index (Phi) is 2.82. The number of hydrogen-bond donors (Lipinski definition) is 3. The highest BCUT2D eigenvalue weighted by molar-refractivity contribution is 6.03. The SMILES string of the molecule is O=C(Nc1ccc(=O)[nH]n1)c1c[nH]ccc1=O. The van der Waals surface area contributed by atoms with Gasteiger partial charge in [0.05, 0.1) is 0 Å². The van der Waals surface area contributed by atoms with Gasteiger partial charge in [0.2, 0.25) is 0 Å². The summed E-state index contributed by atoms with van der Waals surface area (Å²) in [6, 6.07) is 3.81. The van der Waals surface area contributed by atoms with Crippen molar-refractivity contribution >= 4 is 11.7 Å². The van der Waals surface area contributed by atoms with E-state index in [-0.39, 0.29) is 16.9 Å². The van der Waals surface area contributed by atoms with E-state index in [1.54, 1.807) is 0 Å². The number of hydrogen-bond acceptors (Lipinski definition) is 4. The molecule has 7 nitrogen and oxygen atoms in total. The van der Waals surface area contributed by atoms with Gasteiger partial charge in [0, 0.05) is 24.5 Å². The van der Waals surface area contributed by atoms with Crippen LogP contribution in [0.25, 0.3) is 0 Å². The Morgan fingerprint density at radius 3 is 2.71 bits per heavy atom. The van der Waals surface area contributed by atoms with Crippen molar-refractivity contribution in [1.29, 1.82) is 0 Å². The molecule has 0 aliphatic rings. The molecule has 0 aromatic carbocycles. The smallest absolute Gasteiger partial charge is 0.264 e. The summed E-state index contributed by atoms with van der Waals surface area (Å²) >= 11 is 0. The number of pyridine rings is 1. The fourth-order valence-electron chi connectivity index (χ4n) is 1.19. The van der Waals surface area contributed by atoms with Crippen LogP contribution >= 0.6 is 0 Å². The fraction of sp³-hybridized carbons (Fsp3) is 0. The lowest BCUT2D eigenvalue weighted by atomic mass is 10.2. The van der Waals surface area contributed by atoms with Crippen molar-refractivity contribution in [2.24, 2.45) is 0 Å². The second-order valence-electron chi connectivity index (χ2n) is 3.18. The third-order valence-electron chi connectivity index (χ3n) is 1.99. The molecular weight excluding hydrogens is 224 g/mol. The van der Waals surface area contributed by atoms with Crippen molar-refractivity contribution in [2.75, 3.05) is 5.32 Å². The first kappa shape index (κ1) is 10.8. The Hall–Kier alpha value is -2.70. The number of carbonyl (C=O) groups is 1. The van der Waals surface area contributed by atoms with Gasteiger partial charge in [-0.3, -0.25) is 14.4 Å². The lowest BCUT2D eigenvalue weighted by Crippen LogP contribution is -2.22. The van der Waals surface area contributed by atoms with Gasteiger partial charge in [0.15, 0.2) is 11.2 Å². The van der Waals surface area contributed by atoms with E-state index in [1.165, 1.54) is 30.6 Å². The third kappa shape index (κ3) is 2.46. The number of carbonyl (C=O) groups excluding carboxylic acids is 1.